The molecule has 0 atom stereocenters. The van der Waals surface area contributed by atoms with Crippen LogP contribution in [0.15, 0.2) is 9.31 Å². The molecule has 0 aliphatic heterocycles. The SMILES string of the molecule is CCCNCc1c(C)oc(C)c1S(=O)(=O)N(C)CC(F)F. The van der Waals surface area contributed by atoms with Gasteiger partial charge in [0, 0.05) is 19.2 Å². The minimum atomic E-state index is -3.99. The smallest absolute Gasteiger partial charge is 0.252 e. The third-order valence-electron chi connectivity index (χ3n) is 3.12. The Labute approximate surface area is 124 Å². The van der Waals surface area contributed by atoms with Gasteiger partial charge >= 0.3 is 0 Å². The Hall–Kier alpha value is -0.990. The van der Waals surface area contributed by atoms with Crippen LogP contribution in [0.4, 0.5) is 8.78 Å². The summed E-state index contributed by atoms with van der Waals surface area (Å²) in [4.78, 5) is -0.00764. The lowest BCUT2D eigenvalue weighted by Crippen LogP contribution is -2.32. The van der Waals surface area contributed by atoms with Gasteiger partial charge in [0.2, 0.25) is 10.0 Å². The van der Waals surface area contributed by atoms with Crippen LogP contribution in [0.1, 0.15) is 30.4 Å². The van der Waals surface area contributed by atoms with Gasteiger partial charge in [-0.05, 0) is 26.8 Å². The number of rotatable bonds is 8. The summed E-state index contributed by atoms with van der Waals surface area (Å²) in [5.74, 6) is 0.710. The monoisotopic (exact) mass is 324 g/mol. The van der Waals surface area contributed by atoms with E-state index in [1.165, 1.54) is 6.92 Å². The van der Waals surface area contributed by atoms with E-state index in [-0.39, 0.29) is 10.7 Å². The lowest BCUT2D eigenvalue weighted by molar-refractivity contribution is 0.126. The Morgan fingerprint density at radius 2 is 1.90 bits per heavy atom. The van der Waals surface area contributed by atoms with Gasteiger partial charge in [0.15, 0.2) is 0 Å². The summed E-state index contributed by atoms with van der Waals surface area (Å²) >= 11 is 0. The van der Waals surface area contributed by atoms with E-state index in [0.29, 0.717) is 22.2 Å². The van der Waals surface area contributed by atoms with Crippen LogP contribution in [-0.2, 0) is 16.6 Å². The van der Waals surface area contributed by atoms with Crippen LogP contribution in [0.3, 0.4) is 0 Å². The van der Waals surface area contributed by atoms with E-state index in [4.69, 9.17) is 4.42 Å². The zero-order valence-corrected chi connectivity index (χ0v) is 13.6. The fraction of sp³-hybridized carbons (Fsp3) is 0.692. The van der Waals surface area contributed by atoms with Crippen molar-refractivity contribution in [3.63, 3.8) is 0 Å². The van der Waals surface area contributed by atoms with Crippen molar-refractivity contribution in [3.05, 3.63) is 17.1 Å². The van der Waals surface area contributed by atoms with E-state index >= 15 is 0 Å². The van der Waals surface area contributed by atoms with Gasteiger partial charge in [0.25, 0.3) is 6.43 Å². The first kappa shape index (κ1) is 18.1. The van der Waals surface area contributed by atoms with Gasteiger partial charge in [-0.25, -0.2) is 17.2 Å². The molecule has 0 saturated carbocycles. The van der Waals surface area contributed by atoms with Crippen LogP contribution in [-0.4, -0.2) is 39.3 Å². The molecule has 0 aliphatic carbocycles. The van der Waals surface area contributed by atoms with Crippen molar-refractivity contribution >= 4 is 10.0 Å². The van der Waals surface area contributed by atoms with Crippen LogP contribution >= 0.6 is 0 Å². The number of sulfonamides is 1. The van der Waals surface area contributed by atoms with Crippen molar-refractivity contribution in [2.75, 3.05) is 20.1 Å². The summed E-state index contributed by atoms with van der Waals surface area (Å²) in [7, 11) is -2.85. The van der Waals surface area contributed by atoms with E-state index in [2.05, 4.69) is 5.32 Å². The maximum Gasteiger partial charge on any atom is 0.252 e. The number of nitrogens with one attached hydrogen (secondary N) is 1. The molecule has 1 heterocycles. The second-order valence-electron chi connectivity index (χ2n) is 4.88. The van der Waals surface area contributed by atoms with Crippen molar-refractivity contribution in [2.45, 2.75) is 45.1 Å². The molecule has 1 aromatic rings. The average molecular weight is 324 g/mol. The van der Waals surface area contributed by atoms with Crippen molar-refractivity contribution in [3.8, 4) is 0 Å². The normalized spacial score (nSPS) is 12.6. The van der Waals surface area contributed by atoms with E-state index in [1.807, 2.05) is 6.92 Å². The fourth-order valence-corrected chi connectivity index (χ4v) is 3.64. The fourth-order valence-electron chi connectivity index (χ4n) is 2.09. The molecule has 0 fully saturated rings. The first-order valence-corrected chi connectivity index (χ1v) is 8.19. The van der Waals surface area contributed by atoms with Gasteiger partial charge in [-0.15, -0.1) is 0 Å². The number of nitrogens with zero attached hydrogens (tertiary/aromatic N) is 1. The van der Waals surface area contributed by atoms with Gasteiger partial charge < -0.3 is 9.73 Å². The second-order valence-corrected chi connectivity index (χ2v) is 6.86. The number of aryl methyl sites for hydroxylation is 2. The molecule has 5 nitrogen and oxygen atoms in total. The number of halogens is 2. The Morgan fingerprint density at radius 3 is 2.43 bits per heavy atom. The molecule has 0 aromatic carbocycles. The molecule has 0 bridgehead atoms. The molecule has 8 heteroatoms. The maximum atomic E-state index is 12.5. The molecule has 0 radical (unpaired) electrons. The molecule has 1 aromatic heterocycles. The molecule has 21 heavy (non-hydrogen) atoms. The van der Waals surface area contributed by atoms with Crippen molar-refractivity contribution in [2.24, 2.45) is 0 Å². The first-order chi connectivity index (χ1) is 9.71. The molecule has 0 aliphatic rings. The minimum Gasteiger partial charge on any atom is -0.465 e. The zero-order chi connectivity index (χ0) is 16.2. The summed E-state index contributed by atoms with van der Waals surface area (Å²) in [5, 5.41) is 3.11. The maximum absolute atomic E-state index is 12.5. The summed E-state index contributed by atoms with van der Waals surface area (Å²) in [5.41, 5.74) is 0.502. The predicted octanol–water partition coefficient (Wildman–Crippen LogP) is 2.28. The molecular formula is C13H22F2N2O3S. The summed E-state index contributed by atoms with van der Waals surface area (Å²) in [6, 6.07) is 0. The Bertz CT molecular complexity index is 570. The quantitative estimate of drug-likeness (QED) is 0.745. The lowest BCUT2D eigenvalue weighted by Gasteiger charge is -2.17. The van der Waals surface area contributed by atoms with Crippen molar-refractivity contribution in [1.29, 1.82) is 0 Å². The van der Waals surface area contributed by atoms with Crippen LogP contribution in [0, 0.1) is 13.8 Å². The Balaban J connectivity index is 3.16. The summed E-state index contributed by atoms with van der Waals surface area (Å²) in [6.45, 7) is 5.41. The average Bonchev–Trinajstić information content (AvgIpc) is 2.64. The van der Waals surface area contributed by atoms with E-state index < -0.39 is 23.0 Å². The van der Waals surface area contributed by atoms with Gasteiger partial charge in [-0.3, -0.25) is 0 Å². The largest absolute Gasteiger partial charge is 0.465 e. The predicted molar refractivity (Wildman–Crippen MR) is 76.0 cm³/mol. The molecule has 1 rings (SSSR count). The van der Waals surface area contributed by atoms with E-state index in [1.54, 1.807) is 6.92 Å². The van der Waals surface area contributed by atoms with E-state index in [0.717, 1.165) is 20.0 Å². The second kappa shape index (κ2) is 7.33. The molecule has 122 valence electrons. The lowest BCUT2D eigenvalue weighted by atomic mass is 10.2. The van der Waals surface area contributed by atoms with Crippen molar-refractivity contribution < 1.29 is 21.6 Å². The van der Waals surface area contributed by atoms with Crippen LogP contribution < -0.4 is 5.32 Å². The highest BCUT2D eigenvalue weighted by Gasteiger charge is 2.31. The molecule has 0 amide bonds. The molecule has 0 unspecified atom stereocenters. The summed E-state index contributed by atoms with van der Waals surface area (Å²) < 4.78 is 55.9. The van der Waals surface area contributed by atoms with Crippen LogP contribution in [0.25, 0.3) is 0 Å². The first-order valence-electron chi connectivity index (χ1n) is 6.75. The van der Waals surface area contributed by atoms with Gasteiger partial charge in [0.05, 0.1) is 6.54 Å². The standard InChI is InChI=1S/C13H22F2N2O3S/c1-5-6-16-7-11-9(2)20-10(3)13(11)21(18,19)17(4)8-12(14)15/h12,16H,5-8H2,1-4H3. The van der Waals surface area contributed by atoms with Gasteiger partial charge in [0.1, 0.15) is 16.4 Å². The molecule has 1 N–H and O–H groups in total. The van der Waals surface area contributed by atoms with Crippen LogP contribution in [0.5, 0.6) is 0 Å². The highest BCUT2D eigenvalue weighted by atomic mass is 32.2. The third-order valence-corrected chi connectivity index (χ3v) is 5.14. The van der Waals surface area contributed by atoms with Crippen molar-refractivity contribution in [1.82, 2.24) is 9.62 Å². The highest BCUT2D eigenvalue weighted by Crippen LogP contribution is 2.29. The summed E-state index contributed by atoms with van der Waals surface area (Å²) in [6.07, 6.45) is -1.82. The molecule has 0 saturated heterocycles. The number of hydrogen-bond donors (Lipinski definition) is 1. The number of furan rings is 1. The van der Waals surface area contributed by atoms with Gasteiger partial charge in [-0.1, -0.05) is 6.92 Å². The Morgan fingerprint density at radius 1 is 1.29 bits per heavy atom. The number of alkyl halides is 2. The van der Waals surface area contributed by atoms with Crippen LogP contribution in [0.2, 0.25) is 0 Å². The van der Waals surface area contributed by atoms with Gasteiger partial charge in [-0.2, -0.15) is 4.31 Å². The molecular weight excluding hydrogens is 302 g/mol. The topological polar surface area (TPSA) is 62.6 Å². The van der Waals surface area contributed by atoms with E-state index in [9.17, 15) is 17.2 Å². The highest BCUT2D eigenvalue weighted by molar-refractivity contribution is 7.89. The third kappa shape index (κ3) is 4.24. The zero-order valence-electron chi connectivity index (χ0n) is 12.7. The molecule has 0 spiro atoms. The Kier molecular flexibility index (Phi) is 6.30. The number of hydrogen-bond acceptors (Lipinski definition) is 4. The minimum absolute atomic E-state index is 0.00764.